The molecule has 0 saturated carbocycles. The molecule has 2 amide bonds. The molecule has 0 radical (unpaired) electrons. The molecule has 188 valence electrons. The lowest BCUT2D eigenvalue weighted by molar-refractivity contribution is -0.141. The van der Waals surface area contributed by atoms with Crippen LogP contribution in [0.4, 0.5) is 5.69 Å². The van der Waals surface area contributed by atoms with E-state index in [2.05, 4.69) is 25.6 Å². The predicted octanol–water partition coefficient (Wildman–Crippen LogP) is 2.73. The van der Waals surface area contributed by atoms with Gasteiger partial charge in [0.15, 0.2) is 0 Å². The van der Waals surface area contributed by atoms with Gasteiger partial charge in [-0.25, -0.2) is 4.98 Å². The van der Waals surface area contributed by atoms with E-state index in [-0.39, 0.29) is 31.3 Å². The molecule has 0 spiro atoms. The maximum atomic E-state index is 13.2. The number of imidazole rings is 1. The Balaban J connectivity index is 1.33. The minimum absolute atomic E-state index is 0.235. The Bertz CT molecular complexity index is 1420. The molecule has 4 aromatic rings. The largest absolute Gasteiger partial charge is 0.481 e. The second-order valence-corrected chi connectivity index (χ2v) is 8.92. The van der Waals surface area contributed by atoms with Gasteiger partial charge in [0, 0.05) is 36.7 Å². The maximum absolute atomic E-state index is 13.2. The van der Waals surface area contributed by atoms with Crippen molar-refractivity contribution in [2.45, 2.75) is 32.0 Å². The number of nitrogens with one attached hydrogen (secondary N) is 3. The summed E-state index contributed by atoms with van der Waals surface area (Å²) >= 11 is 0. The fraction of sp³-hybridized carbons (Fsp3) is 0.222. The van der Waals surface area contributed by atoms with Gasteiger partial charge < -0.3 is 25.6 Å². The number of carboxylic acids is 1. The molecule has 0 bridgehead atoms. The summed E-state index contributed by atoms with van der Waals surface area (Å²) in [5.41, 5.74) is 4.51. The number of aliphatic carboxylic acids is 1. The Morgan fingerprint density at radius 3 is 2.78 bits per heavy atom. The molecule has 1 atom stereocenters. The number of H-pyrrole nitrogens is 1. The molecule has 1 aliphatic rings. The van der Waals surface area contributed by atoms with Crippen molar-refractivity contribution < 1.29 is 19.5 Å². The van der Waals surface area contributed by atoms with Crippen LogP contribution in [0.5, 0.6) is 0 Å². The lowest BCUT2D eigenvalue weighted by Gasteiger charge is -2.24. The molecule has 0 saturated heterocycles. The van der Waals surface area contributed by atoms with Gasteiger partial charge in [0.2, 0.25) is 5.91 Å². The van der Waals surface area contributed by atoms with Crippen molar-refractivity contribution in [2.24, 2.45) is 0 Å². The van der Waals surface area contributed by atoms with Crippen molar-refractivity contribution in [3.63, 3.8) is 0 Å². The first-order valence-corrected chi connectivity index (χ1v) is 12.0. The summed E-state index contributed by atoms with van der Waals surface area (Å²) in [6.07, 6.45) is 3.66. The molecule has 4 N–H and O–H groups in total. The topological polar surface area (TPSA) is 140 Å². The summed E-state index contributed by atoms with van der Waals surface area (Å²) in [4.78, 5) is 51.0. The van der Waals surface area contributed by atoms with Gasteiger partial charge in [0.05, 0.1) is 24.0 Å². The number of aromatic amines is 1. The standard InChI is InChI=1S/C27H26N6O4/c34-25(35)13-23-27(37)33(11-9-17-4-3-10-28-14-17)16-19-12-18(7-8-20(19)30-23)26(36)29-15-24-31-21-5-1-2-6-22(21)32-24/h1-8,10,12,14,23,30H,9,11,13,15-16H2,(H,29,36)(H,31,32)(H,34,35)/t23-/m0/s1. The van der Waals surface area contributed by atoms with E-state index in [1.165, 1.54) is 0 Å². The molecule has 2 aromatic heterocycles. The zero-order valence-electron chi connectivity index (χ0n) is 20.0. The number of hydrogen-bond donors (Lipinski definition) is 4. The number of carbonyl (C=O) groups is 3. The molecule has 0 unspecified atom stereocenters. The first-order valence-electron chi connectivity index (χ1n) is 12.0. The average Bonchev–Trinajstić information content (AvgIpc) is 3.27. The van der Waals surface area contributed by atoms with E-state index in [9.17, 15) is 19.5 Å². The van der Waals surface area contributed by atoms with Crippen molar-refractivity contribution in [3.8, 4) is 0 Å². The van der Waals surface area contributed by atoms with Gasteiger partial charge in [-0.3, -0.25) is 19.4 Å². The highest BCUT2D eigenvalue weighted by atomic mass is 16.4. The van der Waals surface area contributed by atoms with Crippen LogP contribution in [-0.4, -0.2) is 55.3 Å². The van der Waals surface area contributed by atoms with E-state index in [0.717, 1.165) is 22.2 Å². The first-order chi connectivity index (χ1) is 18.0. The van der Waals surface area contributed by atoms with Crippen LogP contribution in [0.1, 0.15) is 33.7 Å². The van der Waals surface area contributed by atoms with Gasteiger partial charge in [0.1, 0.15) is 11.9 Å². The second kappa shape index (κ2) is 10.5. The Labute approximate surface area is 212 Å². The monoisotopic (exact) mass is 498 g/mol. The first kappa shape index (κ1) is 24.0. The summed E-state index contributed by atoms with van der Waals surface area (Å²) in [7, 11) is 0. The van der Waals surface area contributed by atoms with Gasteiger partial charge in [0.25, 0.3) is 5.91 Å². The van der Waals surface area contributed by atoms with Crippen LogP contribution in [0, 0.1) is 0 Å². The number of carboxylic acid groups (broad SMARTS) is 1. The zero-order valence-corrected chi connectivity index (χ0v) is 20.0. The summed E-state index contributed by atoms with van der Waals surface area (Å²) in [5, 5.41) is 15.3. The molecule has 0 aliphatic carbocycles. The van der Waals surface area contributed by atoms with Crippen LogP contribution in [0.25, 0.3) is 11.0 Å². The van der Waals surface area contributed by atoms with Gasteiger partial charge in [-0.05, 0) is 53.9 Å². The SMILES string of the molecule is O=C(O)C[C@@H]1Nc2ccc(C(=O)NCc3nc4ccccc4[nH]3)cc2CN(CCc2cccnc2)C1=O. The van der Waals surface area contributed by atoms with Crippen LogP contribution in [-0.2, 0) is 29.1 Å². The highest BCUT2D eigenvalue weighted by Crippen LogP contribution is 2.26. The molecule has 3 heterocycles. The number of hydrogen-bond acceptors (Lipinski definition) is 6. The number of amides is 2. The fourth-order valence-electron chi connectivity index (χ4n) is 4.43. The summed E-state index contributed by atoms with van der Waals surface area (Å²) in [5.74, 6) is -0.987. The van der Waals surface area contributed by atoms with Gasteiger partial charge in [-0.15, -0.1) is 0 Å². The quantitative estimate of drug-likeness (QED) is 0.293. The Hall–Kier alpha value is -4.73. The second-order valence-electron chi connectivity index (χ2n) is 8.92. The van der Waals surface area contributed by atoms with Gasteiger partial charge in [-0.1, -0.05) is 18.2 Å². The van der Waals surface area contributed by atoms with Crippen LogP contribution in [0.2, 0.25) is 0 Å². The van der Waals surface area contributed by atoms with Crippen molar-refractivity contribution in [2.75, 3.05) is 11.9 Å². The maximum Gasteiger partial charge on any atom is 0.305 e. The Morgan fingerprint density at radius 2 is 2.00 bits per heavy atom. The minimum atomic E-state index is -1.07. The highest BCUT2D eigenvalue weighted by molar-refractivity contribution is 5.96. The van der Waals surface area contributed by atoms with Crippen LogP contribution < -0.4 is 10.6 Å². The number of pyridine rings is 1. The number of fused-ring (bicyclic) bond motifs is 2. The third-order valence-corrected chi connectivity index (χ3v) is 6.29. The fourth-order valence-corrected chi connectivity index (χ4v) is 4.43. The van der Waals surface area contributed by atoms with E-state index >= 15 is 0 Å². The van der Waals surface area contributed by atoms with Crippen LogP contribution in [0.3, 0.4) is 0 Å². The lowest BCUT2D eigenvalue weighted by atomic mass is 10.1. The smallest absolute Gasteiger partial charge is 0.305 e. The average molecular weight is 499 g/mol. The normalized spacial score (nSPS) is 15.1. The van der Waals surface area contributed by atoms with E-state index in [1.807, 2.05) is 36.4 Å². The molecule has 0 fully saturated rings. The molecule has 10 nitrogen and oxygen atoms in total. The molecule has 5 rings (SSSR count). The van der Waals surface area contributed by atoms with E-state index in [0.29, 0.717) is 30.0 Å². The van der Waals surface area contributed by atoms with Crippen LogP contribution in [0.15, 0.2) is 67.0 Å². The summed E-state index contributed by atoms with van der Waals surface area (Å²) < 4.78 is 0. The van der Waals surface area contributed by atoms with E-state index in [1.54, 1.807) is 35.5 Å². The van der Waals surface area contributed by atoms with Gasteiger partial charge >= 0.3 is 5.97 Å². The number of para-hydroxylation sites is 2. The molecule has 37 heavy (non-hydrogen) atoms. The predicted molar refractivity (Wildman–Crippen MR) is 137 cm³/mol. The highest BCUT2D eigenvalue weighted by Gasteiger charge is 2.31. The Morgan fingerprint density at radius 1 is 1.14 bits per heavy atom. The molecular formula is C27H26N6O4. The van der Waals surface area contributed by atoms with Crippen molar-refractivity contribution in [1.29, 1.82) is 0 Å². The van der Waals surface area contributed by atoms with Gasteiger partial charge in [-0.2, -0.15) is 0 Å². The summed E-state index contributed by atoms with van der Waals surface area (Å²) in [6.45, 7) is 0.881. The lowest BCUT2D eigenvalue weighted by Crippen LogP contribution is -2.42. The van der Waals surface area contributed by atoms with Crippen molar-refractivity contribution >= 4 is 34.5 Å². The third kappa shape index (κ3) is 5.58. The molecule has 1 aliphatic heterocycles. The number of aromatic nitrogens is 3. The summed E-state index contributed by atoms with van der Waals surface area (Å²) in [6, 6.07) is 15.6. The van der Waals surface area contributed by atoms with Crippen molar-refractivity contribution in [1.82, 2.24) is 25.2 Å². The molecular weight excluding hydrogens is 472 g/mol. The number of rotatable bonds is 8. The third-order valence-electron chi connectivity index (χ3n) is 6.29. The van der Waals surface area contributed by atoms with E-state index in [4.69, 9.17) is 0 Å². The molecule has 10 heteroatoms. The van der Waals surface area contributed by atoms with E-state index < -0.39 is 12.0 Å². The number of carbonyl (C=O) groups excluding carboxylic acids is 2. The van der Waals surface area contributed by atoms with Crippen molar-refractivity contribution in [3.05, 3.63) is 89.5 Å². The number of nitrogens with zero attached hydrogens (tertiary/aromatic N) is 3. The number of benzene rings is 2. The minimum Gasteiger partial charge on any atom is -0.481 e. The number of anilines is 1. The molecule has 2 aromatic carbocycles. The zero-order chi connectivity index (χ0) is 25.8. The Kier molecular flexibility index (Phi) is 6.80. The van der Waals surface area contributed by atoms with Crippen LogP contribution >= 0.6 is 0 Å².